The monoisotopic (exact) mass is 576 g/mol. The average Bonchev–Trinajstić information content (AvgIpc) is 2.68. The van der Waals surface area contributed by atoms with Gasteiger partial charge in [-0.15, -0.1) is 0 Å². The Morgan fingerprint density at radius 1 is 0.541 bits per heavy atom. The molecule has 4 nitrogen and oxygen atoms in total. The van der Waals surface area contributed by atoms with Crippen molar-refractivity contribution in [2.75, 3.05) is 11.5 Å². The Bertz CT molecular complexity index is 1070. The Morgan fingerprint density at radius 3 is 1.00 bits per heavy atom. The maximum atomic E-state index is 13.4. The second-order valence-electron chi connectivity index (χ2n) is 7.92. The minimum absolute atomic E-state index is 0.134. The molecule has 6 N–H and O–H groups in total. The molecule has 2 rings (SSSR count). The summed E-state index contributed by atoms with van der Waals surface area (Å²) < 4.78 is 160. The SMILES string of the molecule is Cc1cc(Sc2cc(C)c(N)c(C(O)(C(F)(F)F)C(F)(F)F)c2)cc(C(O)(C(F)(F)F)C(F)(F)F)c1N. The van der Waals surface area contributed by atoms with E-state index in [-0.39, 0.29) is 23.9 Å². The van der Waals surface area contributed by atoms with Crippen molar-refractivity contribution in [2.45, 2.75) is 59.5 Å². The fourth-order valence-electron chi connectivity index (χ4n) is 3.32. The lowest BCUT2D eigenvalue weighted by molar-refractivity contribution is -0.376. The highest BCUT2D eigenvalue weighted by Crippen LogP contribution is 2.54. The van der Waals surface area contributed by atoms with Crippen molar-refractivity contribution in [1.29, 1.82) is 0 Å². The molecule has 17 heteroatoms. The highest BCUT2D eigenvalue weighted by molar-refractivity contribution is 7.99. The zero-order valence-electron chi connectivity index (χ0n) is 18.3. The molecule has 208 valence electrons. The number of alkyl halides is 12. The van der Waals surface area contributed by atoms with Crippen molar-refractivity contribution < 1.29 is 62.9 Å². The van der Waals surface area contributed by atoms with Gasteiger partial charge in [-0.2, -0.15) is 52.7 Å². The number of rotatable bonds is 4. The van der Waals surface area contributed by atoms with Gasteiger partial charge in [-0.3, -0.25) is 0 Å². The molecule has 0 spiro atoms. The lowest BCUT2D eigenvalue weighted by Gasteiger charge is -2.34. The first-order valence-electron chi connectivity index (χ1n) is 9.51. The van der Waals surface area contributed by atoms with Crippen LogP contribution in [0, 0.1) is 13.8 Å². The predicted molar refractivity (Wildman–Crippen MR) is 107 cm³/mol. The Balaban J connectivity index is 2.80. The van der Waals surface area contributed by atoms with E-state index in [1.54, 1.807) is 0 Å². The molecule has 0 atom stereocenters. The van der Waals surface area contributed by atoms with Crippen LogP contribution in [0.1, 0.15) is 22.3 Å². The first-order valence-corrected chi connectivity index (χ1v) is 10.3. The third kappa shape index (κ3) is 4.99. The van der Waals surface area contributed by atoms with Crippen molar-refractivity contribution in [3.8, 4) is 0 Å². The van der Waals surface area contributed by atoms with E-state index in [1.807, 2.05) is 0 Å². The average molecular weight is 576 g/mol. The second-order valence-corrected chi connectivity index (χ2v) is 9.06. The minimum atomic E-state index is -6.32. The van der Waals surface area contributed by atoms with Crippen molar-refractivity contribution >= 4 is 23.1 Å². The summed E-state index contributed by atoms with van der Waals surface area (Å²) in [4.78, 5) is -1.15. The van der Waals surface area contributed by atoms with E-state index in [2.05, 4.69) is 0 Å². The number of hydrogen-bond donors (Lipinski definition) is 4. The van der Waals surface area contributed by atoms with Gasteiger partial charge in [-0.25, -0.2) is 0 Å². The number of aryl methyl sites for hydroxylation is 2. The molecule has 0 unspecified atom stereocenters. The number of aliphatic hydroxyl groups is 2. The van der Waals surface area contributed by atoms with Gasteiger partial charge in [0.15, 0.2) is 0 Å². The number of nitrogens with two attached hydrogens (primary N) is 2. The molecule has 0 saturated carbocycles. The Hall–Kier alpha value is -2.53. The summed E-state index contributed by atoms with van der Waals surface area (Å²) in [6, 6.07) is 2.08. The van der Waals surface area contributed by atoms with Gasteiger partial charge < -0.3 is 21.7 Å². The molecule has 2 aromatic carbocycles. The topological polar surface area (TPSA) is 92.5 Å². The standard InChI is InChI=1S/C20H16F12N2O2S/c1-7-3-9(5-11(13(7)33)15(35,17(21,22)23)18(24,25)26)37-10-4-8(2)14(34)12(6-10)16(36,19(27,28)29)20(30,31)32/h3-6,35-36H,33-34H2,1-2H3. The van der Waals surface area contributed by atoms with Crippen LogP contribution in [-0.4, -0.2) is 34.9 Å². The van der Waals surface area contributed by atoms with Gasteiger partial charge in [0.2, 0.25) is 0 Å². The molecular formula is C20H16F12N2O2S. The molecular weight excluding hydrogens is 560 g/mol. The molecule has 0 saturated heterocycles. The van der Waals surface area contributed by atoms with Crippen LogP contribution >= 0.6 is 11.8 Å². The largest absolute Gasteiger partial charge is 0.430 e. The van der Waals surface area contributed by atoms with Gasteiger partial charge in [0.05, 0.1) is 0 Å². The van der Waals surface area contributed by atoms with Crippen LogP contribution < -0.4 is 11.5 Å². The minimum Gasteiger partial charge on any atom is -0.398 e. The van der Waals surface area contributed by atoms with E-state index in [1.165, 1.54) is 0 Å². The van der Waals surface area contributed by atoms with Crippen molar-refractivity contribution in [1.82, 2.24) is 0 Å². The maximum Gasteiger partial charge on any atom is 0.430 e. The fraction of sp³-hybridized carbons (Fsp3) is 0.400. The Labute approximate surface area is 204 Å². The number of nitrogen functional groups attached to an aromatic ring is 2. The molecule has 0 amide bonds. The summed E-state index contributed by atoms with van der Waals surface area (Å²) in [5.41, 5.74) is -6.96. The lowest BCUT2D eigenvalue weighted by atomic mass is 9.89. The maximum absolute atomic E-state index is 13.4. The highest BCUT2D eigenvalue weighted by atomic mass is 32.2. The van der Waals surface area contributed by atoms with Gasteiger partial charge in [0, 0.05) is 32.3 Å². The molecule has 0 fully saturated rings. The van der Waals surface area contributed by atoms with Crippen LogP contribution in [0.25, 0.3) is 0 Å². The number of hydrogen-bond acceptors (Lipinski definition) is 5. The van der Waals surface area contributed by atoms with Crippen LogP contribution in [-0.2, 0) is 11.2 Å². The lowest BCUT2D eigenvalue weighted by Crippen LogP contribution is -2.54. The van der Waals surface area contributed by atoms with Gasteiger partial charge in [-0.1, -0.05) is 11.8 Å². The molecule has 2 aromatic rings. The quantitative estimate of drug-likeness (QED) is 0.256. The molecule has 0 heterocycles. The van der Waals surface area contributed by atoms with Gasteiger partial charge in [-0.05, 0) is 49.2 Å². The third-order valence-electron chi connectivity index (χ3n) is 5.38. The van der Waals surface area contributed by atoms with Crippen LogP contribution in [0.2, 0.25) is 0 Å². The summed E-state index contributed by atoms with van der Waals surface area (Å²) in [6.07, 6.45) is -25.3. The van der Waals surface area contributed by atoms with Crippen LogP contribution in [0.3, 0.4) is 0 Å². The van der Waals surface area contributed by atoms with Crippen LogP contribution in [0.15, 0.2) is 34.1 Å². The Kier molecular flexibility index (Phi) is 7.50. The van der Waals surface area contributed by atoms with E-state index in [0.717, 1.165) is 26.0 Å². The summed E-state index contributed by atoms with van der Waals surface area (Å²) in [5, 5.41) is 19.4. The predicted octanol–water partition coefficient (Wildman–Crippen LogP) is 6.24. The molecule has 0 aliphatic heterocycles. The smallest absolute Gasteiger partial charge is 0.398 e. The van der Waals surface area contributed by atoms with E-state index < -0.39 is 79.3 Å². The van der Waals surface area contributed by atoms with Crippen LogP contribution in [0.5, 0.6) is 0 Å². The van der Waals surface area contributed by atoms with Gasteiger partial charge in [0.1, 0.15) is 0 Å². The van der Waals surface area contributed by atoms with Crippen molar-refractivity contribution in [3.05, 3.63) is 46.5 Å². The first kappa shape index (κ1) is 30.7. The molecule has 0 radical (unpaired) electrons. The molecule has 0 aliphatic rings. The highest BCUT2D eigenvalue weighted by Gasteiger charge is 2.73. The van der Waals surface area contributed by atoms with Crippen molar-refractivity contribution in [3.63, 3.8) is 0 Å². The van der Waals surface area contributed by atoms with E-state index in [9.17, 15) is 62.9 Å². The second kappa shape index (κ2) is 9.04. The van der Waals surface area contributed by atoms with E-state index >= 15 is 0 Å². The molecule has 0 bridgehead atoms. The summed E-state index contributed by atoms with van der Waals surface area (Å²) in [6.45, 7) is 1.92. The number of anilines is 2. The third-order valence-corrected chi connectivity index (χ3v) is 6.32. The normalized spacial score (nSPS) is 14.3. The van der Waals surface area contributed by atoms with E-state index in [4.69, 9.17) is 11.5 Å². The Morgan fingerprint density at radius 2 is 0.784 bits per heavy atom. The first-order chi connectivity index (χ1) is 16.3. The van der Waals surface area contributed by atoms with E-state index in [0.29, 0.717) is 0 Å². The zero-order valence-corrected chi connectivity index (χ0v) is 19.1. The molecule has 0 aromatic heterocycles. The summed E-state index contributed by atoms with van der Waals surface area (Å²) in [5.74, 6) is 0. The molecule has 37 heavy (non-hydrogen) atoms. The van der Waals surface area contributed by atoms with Crippen LogP contribution in [0.4, 0.5) is 64.1 Å². The number of benzene rings is 2. The summed E-state index contributed by atoms with van der Waals surface area (Å²) >= 11 is 0.134. The van der Waals surface area contributed by atoms with Gasteiger partial charge >= 0.3 is 24.7 Å². The fourth-order valence-corrected chi connectivity index (χ4v) is 4.41. The summed E-state index contributed by atoms with van der Waals surface area (Å²) in [7, 11) is 0. The van der Waals surface area contributed by atoms with Gasteiger partial charge in [0.25, 0.3) is 11.2 Å². The molecule has 0 aliphatic carbocycles. The number of halogens is 12. The van der Waals surface area contributed by atoms with Crippen molar-refractivity contribution in [2.24, 2.45) is 0 Å². The zero-order chi connectivity index (χ0) is 29.2.